The van der Waals surface area contributed by atoms with E-state index in [2.05, 4.69) is 36.1 Å². The Morgan fingerprint density at radius 2 is 1.96 bits per heavy atom. The molecule has 0 aliphatic heterocycles. The first-order valence-electron chi connectivity index (χ1n) is 7.95. The van der Waals surface area contributed by atoms with Gasteiger partial charge in [0, 0.05) is 35.9 Å². The maximum Gasteiger partial charge on any atom is 0.186 e. The largest absolute Gasteiger partial charge is 0.341 e. The van der Waals surface area contributed by atoms with Gasteiger partial charge >= 0.3 is 0 Å². The molecule has 0 aliphatic rings. The van der Waals surface area contributed by atoms with E-state index in [1.807, 2.05) is 35.0 Å². The molecule has 3 aromatic heterocycles. The molecule has 0 atom stereocenters. The summed E-state index contributed by atoms with van der Waals surface area (Å²) in [4.78, 5) is 21.3. The molecule has 24 heavy (non-hydrogen) atoms. The zero-order chi connectivity index (χ0) is 17.2. The standard InChI is InChI=1S/C19H21N3OS/c1-19(2,3)17-13-24-18(21-17)11-16(23)15-5-4-10-22(15)12-14-6-8-20-9-7-14/h4-10,13H,11-12H2,1-3H3. The van der Waals surface area contributed by atoms with Crippen LogP contribution in [0.15, 0.2) is 48.2 Å². The van der Waals surface area contributed by atoms with Gasteiger partial charge in [0.1, 0.15) is 5.01 Å². The van der Waals surface area contributed by atoms with Crippen molar-refractivity contribution in [3.63, 3.8) is 0 Å². The Morgan fingerprint density at radius 1 is 1.21 bits per heavy atom. The van der Waals surface area contributed by atoms with Crippen LogP contribution in [-0.4, -0.2) is 20.3 Å². The molecule has 124 valence electrons. The summed E-state index contributed by atoms with van der Waals surface area (Å²) in [5.41, 5.74) is 2.90. The predicted molar refractivity (Wildman–Crippen MR) is 96.6 cm³/mol. The minimum atomic E-state index is 0.0133. The molecule has 0 saturated carbocycles. The molecule has 3 rings (SSSR count). The number of ketones is 1. The molecule has 0 spiro atoms. The molecule has 3 aromatic rings. The summed E-state index contributed by atoms with van der Waals surface area (Å²) in [5, 5.41) is 2.93. The van der Waals surface area contributed by atoms with Gasteiger partial charge in [0.2, 0.25) is 0 Å². The summed E-state index contributed by atoms with van der Waals surface area (Å²) in [6.07, 6.45) is 5.82. The number of pyridine rings is 1. The average Bonchev–Trinajstić information content (AvgIpc) is 3.17. The zero-order valence-electron chi connectivity index (χ0n) is 14.2. The Morgan fingerprint density at radius 3 is 2.62 bits per heavy atom. The van der Waals surface area contributed by atoms with Gasteiger partial charge < -0.3 is 4.57 Å². The smallest absolute Gasteiger partial charge is 0.186 e. The van der Waals surface area contributed by atoms with Gasteiger partial charge in [-0.1, -0.05) is 20.8 Å². The molecule has 3 heterocycles. The molecule has 5 heteroatoms. The molecular formula is C19H21N3OS. The Labute approximate surface area is 146 Å². The highest BCUT2D eigenvalue weighted by atomic mass is 32.1. The van der Waals surface area contributed by atoms with Gasteiger partial charge in [-0.2, -0.15) is 0 Å². The molecule has 0 unspecified atom stereocenters. The van der Waals surface area contributed by atoms with Gasteiger partial charge in [0.15, 0.2) is 5.78 Å². The van der Waals surface area contributed by atoms with E-state index in [9.17, 15) is 4.79 Å². The van der Waals surface area contributed by atoms with Crippen LogP contribution in [0.2, 0.25) is 0 Å². The minimum absolute atomic E-state index is 0.0133. The van der Waals surface area contributed by atoms with Crippen molar-refractivity contribution < 1.29 is 4.79 Å². The third-order valence-electron chi connectivity index (χ3n) is 3.85. The van der Waals surface area contributed by atoms with Crippen LogP contribution in [0.5, 0.6) is 0 Å². The molecule has 4 nitrogen and oxygen atoms in total. The minimum Gasteiger partial charge on any atom is -0.341 e. The maximum atomic E-state index is 12.7. The van der Waals surface area contributed by atoms with Crippen molar-refractivity contribution >= 4 is 17.1 Å². The van der Waals surface area contributed by atoms with E-state index in [-0.39, 0.29) is 11.2 Å². The SMILES string of the molecule is CC(C)(C)c1csc(CC(=O)c2cccn2Cc2ccncc2)n1. The van der Waals surface area contributed by atoms with Crippen LogP contribution in [0.1, 0.15) is 47.5 Å². The first-order chi connectivity index (χ1) is 11.4. The van der Waals surface area contributed by atoms with Crippen LogP contribution in [0, 0.1) is 0 Å². The quantitative estimate of drug-likeness (QED) is 0.657. The van der Waals surface area contributed by atoms with Crippen molar-refractivity contribution in [1.82, 2.24) is 14.5 Å². The molecule has 0 aromatic carbocycles. The van der Waals surface area contributed by atoms with Crippen LogP contribution >= 0.6 is 11.3 Å². The molecule has 0 radical (unpaired) electrons. The molecule has 0 fully saturated rings. The fourth-order valence-corrected chi connectivity index (χ4v) is 3.47. The second-order valence-electron chi connectivity index (χ2n) is 6.85. The van der Waals surface area contributed by atoms with E-state index in [1.54, 1.807) is 23.7 Å². The van der Waals surface area contributed by atoms with Gasteiger partial charge in [-0.25, -0.2) is 4.98 Å². The summed E-state index contributed by atoms with van der Waals surface area (Å²) in [6.45, 7) is 7.07. The van der Waals surface area contributed by atoms with E-state index < -0.39 is 0 Å². The number of Topliss-reactive ketones (excluding diaryl/α,β-unsaturated/α-hetero) is 1. The number of thiazole rings is 1. The lowest BCUT2D eigenvalue weighted by molar-refractivity contribution is 0.0984. The monoisotopic (exact) mass is 339 g/mol. The van der Waals surface area contributed by atoms with Gasteiger partial charge in [0.25, 0.3) is 0 Å². The summed E-state index contributed by atoms with van der Waals surface area (Å²) < 4.78 is 1.98. The summed E-state index contributed by atoms with van der Waals surface area (Å²) in [7, 11) is 0. The Kier molecular flexibility index (Phi) is 4.62. The topological polar surface area (TPSA) is 47.8 Å². The second-order valence-corrected chi connectivity index (χ2v) is 7.80. The highest BCUT2D eigenvalue weighted by molar-refractivity contribution is 7.09. The third kappa shape index (κ3) is 3.79. The van der Waals surface area contributed by atoms with Crippen LogP contribution in [-0.2, 0) is 18.4 Å². The van der Waals surface area contributed by atoms with Crippen molar-refractivity contribution in [3.05, 3.63) is 70.2 Å². The fourth-order valence-electron chi connectivity index (χ4n) is 2.45. The lowest BCUT2D eigenvalue weighted by Crippen LogP contribution is -2.13. The summed E-state index contributed by atoms with van der Waals surface area (Å²) >= 11 is 1.56. The first-order valence-corrected chi connectivity index (χ1v) is 8.83. The average molecular weight is 339 g/mol. The Bertz CT molecular complexity index is 828. The Balaban J connectivity index is 1.74. The predicted octanol–water partition coefficient (Wildman–Crippen LogP) is 4.11. The fraction of sp³-hybridized carbons (Fsp3) is 0.316. The molecule has 0 aliphatic carbocycles. The van der Waals surface area contributed by atoms with E-state index >= 15 is 0 Å². The van der Waals surface area contributed by atoms with E-state index in [0.717, 1.165) is 22.0 Å². The number of rotatable bonds is 5. The van der Waals surface area contributed by atoms with Crippen molar-refractivity contribution in [1.29, 1.82) is 0 Å². The lowest BCUT2D eigenvalue weighted by atomic mass is 9.93. The maximum absolute atomic E-state index is 12.7. The van der Waals surface area contributed by atoms with Gasteiger partial charge in [-0.05, 0) is 29.8 Å². The summed E-state index contributed by atoms with van der Waals surface area (Å²) in [6, 6.07) is 7.72. The number of hydrogen-bond donors (Lipinski definition) is 0. The van der Waals surface area contributed by atoms with Crippen molar-refractivity contribution in [2.45, 2.75) is 39.2 Å². The van der Waals surface area contributed by atoms with Crippen LogP contribution in [0.3, 0.4) is 0 Å². The van der Waals surface area contributed by atoms with Crippen molar-refractivity contribution in [3.8, 4) is 0 Å². The number of carbonyl (C=O) groups is 1. The number of hydrogen-bond acceptors (Lipinski definition) is 4. The van der Waals surface area contributed by atoms with Crippen molar-refractivity contribution in [2.24, 2.45) is 0 Å². The molecule has 0 bridgehead atoms. The molecular weight excluding hydrogens is 318 g/mol. The lowest BCUT2D eigenvalue weighted by Gasteiger charge is -2.14. The number of aromatic nitrogens is 3. The number of carbonyl (C=O) groups excluding carboxylic acids is 1. The van der Waals surface area contributed by atoms with Gasteiger partial charge in [-0.3, -0.25) is 9.78 Å². The van der Waals surface area contributed by atoms with Crippen LogP contribution < -0.4 is 0 Å². The molecule has 0 saturated heterocycles. The van der Waals surface area contributed by atoms with E-state index in [0.29, 0.717) is 13.0 Å². The third-order valence-corrected chi connectivity index (χ3v) is 4.70. The van der Waals surface area contributed by atoms with Crippen molar-refractivity contribution in [2.75, 3.05) is 0 Å². The van der Waals surface area contributed by atoms with Crippen LogP contribution in [0.25, 0.3) is 0 Å². The highest BCUT2D eigenvalue weighted by Crippen LogP contribution is 2.24. The molecule has 0 N–H and O–H groups in total. The van der Waals surface area contributed by atoms with E-state index in [4.69, 9.17) is 0 Å². The highest BCUT2D eigenvalue weighted by Gasteiger charge is 2.19. The Hall–Kier alpha value is -2.27. The summed E-state index contributed by atoms with van der Waals surface area (Å²) in [5.74, 6) is 0.101. The van der Waals surface area contributed by atoms with E-state index in [1.165, 1.54) is 0 Å². The second kappa shape index (κ2) is 6.69. The zero-order valence-corrected chi connectivity index (χ0v) is 15.0. The van der Waals surface area contributed by atoms with Gasteiger partial charge in [0.05, 0.1) is 17.8 Å². The van der Waals surface area contributed by atoms with Crippen LogP contribution in [0.4, 0.5) is 0 Å². The normalized spacial score (nSPS) is 11.6. The molecule has 0 amide bonds. The first kappa shape index (κ1) is 16.6. The van der Waals surface area contributed by atoms with Gasteiger partial charge in [-0.15, -0.1) is 11.3 Å². The number of nitrogens with zero attached hydrogens (tertiary/aromatic N) is 3.